The molecule has 4 aliphatic heterocycles. The number of rotatable bonds is 18. The van der Waals surface area contributed by atoms with Crippen LogP contribution in [0.4, 0.5) is 0 Å². The van der Waals surface area contributed by atoms with E-state index in [-0.39, 0.29) is 67.9 Å². The molecule has 2 saturated carbocycles. The molecule has 2 N–H and O–H groups in total. The monoisotopic (exact) mass is 2280 g/mol. The molecule has 7 aromatic rings. The zero-order chi connectivity index (χ0) is 92.4. The molecule has 13 rings (SSSR count). The van der Waals surface area contributed by atoms with Gasteiger partial charge in [0, 0.05) is 120 Å². The number of pyridine rings is 1. The van der Waals surface area contributed by atoms with E-state index in [1.54, 1.807) is 11.1 Å². The van der Waals surface area contributed by atoms with Gasteiger partial charge < -0.3 is 49.0 Å². The number of alkyl halides is 6. The molecule has 21 heteroatoms. The molecule has 2 saturated heterocycles. The van der Waals surface area contributed by atoms with Gasteiger partial charge in [-0.15, -0.1) is 69.8 Å². The molecule has 698 valence electrons. The molecular weight excluding hydrogens is 2130 g/mol. The zero-order valence-electron chi connectivity index (χ0n) is 78.7. The standard InChI is InChI=1S/C17H22NO.C16H20NO.C14H21NO.C13H20N2O.C9H11Br.C8H9Br.C7H7Br.C4H7Br.C4H6O.C4H8O.C3H7Br.C2H5Br.C2H4O.CH4O.2Ru/c1-13-5-6-16-15(11-13)14(2)12-17(19-16)7-4-9-18(3)10-8-17;1-12-4-5-15-14(10-12)13(2)11-16(18-15)6-3-8-17-9-7-16;1-5-15(6-2)14(16)13-9-7-12(8-10-13)11(3)4;1-5-15(6-2)13(16)12-8-7-11(9-14-12)10(3)4;10-8-4-7-9-5-2-1-3-6-9;9-7-6-8-4-2-1-3-5-8;8-6-7-4-2-1-3-5-7;2*5-3-4-1-2-4;1-4(2)3-5;1-2-3-4;2*1-2-3;1-2;;/h5-6,12H,4,7-10H2,1-3H3;4-5,11,17H,3,6-9H2,1-2H3;7-11H,5-6H2,1-4H3;7-10H,5-6H2,1-4H3;1-3,5-6H,4,7-8H2;1-5H,6-7H2;1-5H,6H2;4H,1-3H2;3-4H,1-2H2;3-4H,1-2H3;2-3H2,1H3;2H2,1H3;2H,1H3;2H,1H3;;/q2*-1;;;;;;;;;;;;;2*+1. The molecule has 1 aromatic heterocycles. The molecule has 2 aliphatic carbocycles. The number of nitrogens with one attached hydrogen (secondary N) is 1. The van der Waals surface area contributed by atoms with Crippen LogP contribution < -0.4 is 14.8 Å². The van der Waals surface area contributed by atoms with E-state index in [9.17, 15) is 19.2 Å². The molecule has 4 fully saturated rings. The number of aromatic nitrogens is 1. The van der Waals surface area contributed by atoms with Gasteiger partial charge in [-0.3, -0.25) is 14.6 Å². The first kappa shape index (κ1) is 125. The van der Waals surface area contributed by atoms with Crippen molar-refractivity contribution >= 4 is 137 Å². The maximum absolute atomic E-state index is 12.0. The van der Waals surface area contributed by atoms with E-state index in [0.29, 0.717) is 23.4 Å². The predicted molar refractivity (Wildman–Crippen MR) is 547 cm³/mol. The topological polar surface area (TPSA) is 159 Å². The van der Waals surface area contributed by atoms with Crippen molar-refractivity contribution in [2.24, 2.45) is 17.8 Å². The van der Waals surface area contributed by atoms with Crippen LogP contribution in [0, 0.1) is 43.7 Å². The molecular formula is C104H151Br6N5O8Ru2. The number of allylic oxidation sites excluding steroid dienone is 2. The summed E-state index contributed by atoms with van der Waals surface area (Å²) in [6.45, 7) is 41.7. The number of carbonyl (C=O) groups excluding carboxylic acids is 5. The van der Waals surface area contributed by atoms with Crippen LogP contribution in [0.15, 0.2) is 170 Å². The summed E-state index contributed by atoms with van der Waals surface area (Å²) >= 11 is 19.9. The molecule has 6 aliphatic rings. The van der Waals surface area contributed by atoms with Gasteiger partial charge in [-0.2, -0.15) is 0 Å². The Kier molecular flexibility index (Phi) is 76.9. The summed E-state index contributed by atoms with van der Waals surface area (Å²) in [5, 5.41) is 17.0. The Morgan fingerprint density at radius 2 is 0.984 bits per heavy atom. The quantitative estimate of drug-likeness (QED) is 0.0364. The maximum Gasteiger partial charge on any atom is 1.00 e. The summed E-state index contributed by atoms with van der Waals surface area (Å²) in [5.41, 5.74) is 15.0. The van der Waals surface area contributed by atoms with E-state index < -0.39 is 0 Å². The number of nitrogens with zero attached hydrogens (tertiary/aromatic N) is 4. The first-order chi connectivity index (χ1) is 59.1. The number of benzene rings is 6. The summed E-state index contributed by atoms with van der Waals surface area (Å²) in [6.07, 6.45) is 25.9. The molecule has 125 heavy (non-hydrogen) atoms. The second-order valence-corrected chi connectivity index (χ2v) is 36.0. The van der Waals surface area contributed by atoms with Gasteiger partial charge in [0.05, 0.1) is 0 Å². The molecule has 2 unspecified atom stereocenters. The van der Waals surface area contributed by atoms with Crippen LogP contribution in [0.5, 0.6) is 11.5 Å². The smallest absolute Gasteiger partial charge is 0.528 e. The van der Waals surface area contributed by atoms with Crippen molar-refractivity contribution in [3.63, 3.8) is 0 Å². The second kappa shape index (κ2) is 77.1. The van der Waals surface area contributed by atoms with Crippen molar-refractivity contribution in [2.75, 3.05) is 93.2 Å². The van der Waals surface area contributed by atoms with E-state index in [4.69, 9.17) is 19.4 Å². The Balaban J connectivity index is -0.00000133. The van der Waals surface area contributed by atoms with Gasteiger partial charge >= 0.3 is 39.0 Å². The van der Waals surface area contributed by atoms with Gasteiger partial charge in [0.2, 0.25) is 0 Å². The van der Waals surface area contributed by atoms with Crippen LogP contribution in [0.2, 0.25) is 0 Å². The first-order valence-corrected chi connectivity index (χ1v) is 51.0. The number of likely N-dealkylation sites (tertiary alicyclic amines) is 1. The minimum absolute atomic E-state index is 0. The van der Waals surface area contributed by atoms with Crippen LogP contribution in [0.3, 0.4) is 0 Å². The van der Waals surface area contributed by atoms with Crippen molar-refractivity contribution < 1.29 is 77.5 Å². The molecule has 0 bridgehead atoms. The molecule has 6 aromatic carbocycles. The van der Waals surface area contributed by atoms with Gasteiger partial charge in [-0.25, -0.2) is 0 Å². The minimum Gasteiger partial charge on any atom is -0.528 e. The average molecular weight is 2280 g/mol. The van der Waals surface area contributed by atoms with Gasteiger partial charge in [0.15, 0.2) is 0 Å². The van der Waals surface area contributed by atoms with E-state index >= 15 is 0 Å². The fraction of sp³-hybridized carbons (Fsp3) is 0.519. The number of aldehydes is 3. The fourth-order valence-electron chi connectivity index (χ4n) is 12.2. The van der Waals surface area contributed by atoms with Crippen molar-refractivity contribution in [3.05, 3.63) is 243 Å². The number of amides is 2. The van der Waals surface area contributed by atoms with Crippen LogP contribution in [0.1, 0.15) is 264 Å². The Morgan fingerprint density at radius 3 is 1.34 bits per heavy atom. The molecule has 13 nitrogen and oxygen atoms in total. The van der Waals surface area contributed by atoms with Gasteiger partial charge in [-0.1, -0.05) is 300 Å². The Hall–Kier alpha value is -4.49. The first-order valence-electron chi connectivity index (χ1n) is 44.2. The third kappa shape index (κ3) is 56.1. The van der Waals surface area contributed by atoms with Crippen LogP contribution in [0.25, 0.3) is 11.1 Å². The number of hydrogen-bond acceptors (Lipinski definition) is 11. The Labute approximate surface area is 833 Å². The number of halogens is 6. The fourth-order valence-corrected chi connectivity index (χ4v) is 13.9. The third-order valence-corrected chi connectivity index (χ3v) is 23.0. The van der Waals surface area contributed by atoms with Crippen molar-refractivity contribution in [3.8, 4) is 11.5 Å². The summed E-state index contributed by atoms with van der Waals surface area (Å²) in [4.78, 5) is 62.1. The SMILES string of the molecule is BrCC1CC1.BrCCCc1ccccc1.BrCCc1ccccc1.BrCc1ccccc1.CC(C)C=O.CC1=CC2(CCCN(C)CC2)Oc2ccc(C)[c-]c21.CC1=CC2(CCCNCC2)Oc2ccc(C)[c-]c21.CC=O.CCBr.CCCBr.CCN(CC)C(=O)c1ccc(C(C)C)cc1.CCN(CC)C(=O)c1ccc(C(C)C)cn1.CO.O=CC1CC1.[Ru+].[Ru+]. The minimum atomic E-state index is -0.0936. The van der Waals surface area contributed by atoms with Crippen molar-refractivity contribution in [1.29, 1.82) is 0 Å². The Morgan fingerprint density at radius 1 is 0.552 bits per heavy atom. The Bertz CT molecular complexity index is 3840. The number of aryl methyl sites for hydroxylation is 4. The van der Waals surface area contributed by atoms with E-state index in [2.05, 4.69) is 295 Å². The summed E-state index contributed by atoms with van der Waals surface area (Å²) < 4.78 is 12.7. The van der Waals surface area contributed by atoms with E-state index in [0.717, 1.165) is 183 Å². The van der Waals surface area contributed by atoms with Gasteiger partial charge in [0.1, 0.15) is 35.8 Å². The van der Waals surface area contributed by atoms with Crippen LogP contribution in [-0.2, 0) is 71.5 Å². The van der Waals surface area contributed by atoms with E-state index in [1.807, 2.05) is 114 Å². The normalized spacial score (nSPS) is 15.5. The second-order valence-electron chi connectivity index (χ2n) is 31.3. The van der Waals surface area contributed by atoms with Gasteiger partial charge in [0.25, 0.3) is 11.8 Å². The maximum atomic E-state index is 12.0. The molecule has 2 spiro atoms. The van der Waals surface area contributed by atoms with Crippen molar-refractivity contribution in [1.82, 2.24) is 25.0 Å². The third-order valence-electron chi connectivity index (χ3n) is 19.7. The van der Waals surface area contributed by atoms with Crippen LogP contribution in [-0.4, -0.2) is 160 Å². The molecule has 2 amide bonds. The summed E-state index contributed by atoms with van der Waals surface area (Å²) in [6, 6.07) is 58.2. The van der Waals surface area contributed by atoms with E-state index in [1.165, 1.54) is 108 Å². The zero-order valence-corrected chi connectivity index (χ0v) is 91.6. The largest absolute Gasteiger partial charge is 1.00 e. The summed E-state index contributed by atoms with van der Waals surface area (Å²) in [5.74, 6) is 4.82. The number of ether oxygens (including phenoxy) is 2. The predicted octanol–water partition coefficient (Wildman–Crippen LogP) is 27.0. The van der Waals surface area contributed by atoms with Crippen LogP contribution >= 0.6 is 95.6 Å². The molecule has 5 heterocycles. The number of aliphatic hydroxyl groups is 1. The number of fused-ring (bicyclic) bond motifs is 2. The molecule has 2 radical (unpaired) electrons. The van der Waals surface area contributed by atoms with Crippen molar-refractivity contribution in [2.45, 2.75) is 236 Å². The average Bonchev–Trinajstić information content (AvgIpc) is 1.73. The number of carbonyl (C=O) groups is 5. The molecule has 2 atom stereocenters. The number of aliphatic hydroxyl groups excluding tert-OH is 1. The van der Waals surface area contributed by atoms with Gasteiger partial charge in [-0.05, 0) is 202 Å². The number of hydrogen-bond donors (Lipinski definition) is 2. The summed E-state index contributed by atoms with van der Waals surface area (Å²) in [7, 11) is 3.20.